The number of carboxylic acid groups (broad SMARTS) is 1. The molecule has 0 saturated carbocycles. The van der Waals surface area contributed by atoms with Gasteiger partial charge in [0, 0.05) is 44.3 Å². The van der Waals surface area contributed by atoms with Crippen molar-refractivity contribution in [3.05, 3.63) is 30.1 Å². The number of carbonyl (C=O) groups is 3. The Balaban J connectivity index is 1.48. The molecule has 2 fully saturated rings. The van der Waals surface area contributed by atoms with E-state index in [1.54, 1.807) is 17.0 Å². The van der Waals surface area contributed by atoms with Crippen molar-refractivity contribution in [3.8, 4) is 0 Å². The summed E-state index contributed by atoms with van der Waals surface area (Å²) in [4.78, 5) is 39.5. The van der Waals surface area contributed by atoms with Crippen LogP contribution in [0.2, 0.25) is 0 Å². The van der Waals surface area contributed by atoms with Gasteiger partial charge in [0.1, 0.15) is 5.82 Å². The van der Waals surface area contributed by atoms with Gasteiger partial charge in [0.15, 0.2) is 12.2 Å². The van der Waals surface area contributed by atoms with Crippen LogP contribution in [0.3, 0.4) is 0 Å². The van der Waals surface area contributed by atoms with E-state index in [0.717, 1.165) is 12.1 Å². The smallest absolute Gasteiger partial charge is 0.336 e. The van der Waals surface area contributed by atoms with Crippen molar-refractivity contribution in [2.45, 2.75) is 44.4 Å². The summed E-state index contributed by atoms with van der Waals surface area (Å²) in [5, 5.41) is 11.6. The summed E-state index contributed by atoms with van der Waals surface area (Å²) in [6, 6.07) is 5.94. The Bertz CT molecular complexity index is 749. The number of hydrogen-bond donors (Lipinski definition) is 2. The standard InChI is InChI=1S/C20H26FN3O5/c1-2-3-14(22-19(26)17-18(29-17)20(27)28)12-16(25)24-10-8-23(9-11-24)15-6-4-13(21)5-7-15/h4-7,14,17-18H,2-3,8-12H2,1H3,(H,22,26)(H,27,28)/t14?,17-,18-/m0/s1. The molecular formula is C20H26FN3O5. The van der Waals surface area contributed by atoms with Crippen LogP contribution in [0.5, 0.6) is 0 Å². The number of benzene rings is 1. The monoisotopic (exact) mass is 407 g/mol. The zero-order valence-corrected chi connectivity index (χ0v) is 16.3. The number of piperazine rings is 1. The van der Waals surface area contributed by atoms with Crippen molar-refractivity contribution in [2.24, 2.45) is 0 Å². The Labute approximate surface area is 168 Å². The van der Waals surface area contributed by atoms with Crippen molar-refractivity contribution in [2.75, 3.05) is 31.1 Å². The number of amides is 2. The normalized spacial score (nSPS) is 22.1. The van der Waals surface area contributed by atoms with Crippen LogP contribution in [-0.2, 0) is 19.1 Å². The van der Waals surface area contributed by atoms with Crippen LogP contribution in [0.1, 0.15) is 26.2 Å². The van der Waals surface area contributed by atoms with E-state index < -0.39 is 24.1 Å². The topological polar surface area (TPSA) is 102 Å². The number of aliphatic carboxylic acids is 1. The zero-order chi connectivity index (χ0) is 21.0. The molecule has 0 spiro atoms. The minimum atomic E-state index is -1.16. The molecule has 8 nitrogen and oxygen atoms in total. The number of carboxylic acids is 1. The fourth-order valence-electron chi connectivity index (χ4n) is 3.56. The highest BCUT2D eigenvalue weighted by Gasteiger charge is 2.51. The predicted molar refractivity (Wildman–Crippen MR) is 103 cm³/mol. The second-order valence-electron chi connectivity index (χ2n) is 7.36. The maximum Gasteiger partial charge on any atom is 0.336 e. The van der Waals surface area contributed by atoms with Crippen molar-refractivity contribution in [1.82, 2.24) is 10.2 Å². The van der Waals surface area contributed by atoms with Crippen LogP contribution in [0.4, 0.5) is 10.1 Å². The predicted octanol–water partition coefficient (Wildman–Crippen LogP) is 1.00. The first kappa shape index (κ1) is 21.0. The number of hydrogen-bond acceptors (Lipinski definition) is 5. The second kappa shape index (κ2) is 9.21. The lowest BCUT2D eigenvalue weighted by Gasteiger charge is -2.36. The third-order valence-electron chi connectivity index (χ3n) is 5.22. The molecule has 158 valence electrons. The van der Waals surface area contributed by atoms with Gasteiger partial charge in [-0.3, -0.25) is 9.59 Å². The zero-order valence-electron chi connectivity index (χ0n) is 16.3. The van der Waals surface area contributed by atoms with Gasteiger partial charge in [-0.1, -0.05) is 13.3 Å². The second-order valence-corrected chi connectivity index (χ2v) is 7.36. The molecule has 3 atom stereocenters. The molecule has 1 aromatic carbocycles. The molecule has 0 radical (unpaired) electrons. The van der Waals surface area contributed by atoms with Gasteiger partial charge in [-0.05, 0) is 30.7 Å². The highest BCUT2D eigenvalue weighted by Crippen LogP contribution is 2.23. The molecule has 3 rings (SSSR count). The van der Waals surface area contributed by atoms with Gasteiger partial charge in [0.2, 0.25) is 5.91 Å². The van der Waals surface area contributed by atoms with Gasteiger partial charge in [-0.15, -0.1) is 0 Å². The quantitative estimate of drug-likeness (QED) is 0.624. The number of rotatable bonds is 8. The van der Waals surface area contributed by atoms with Crippen molar-refractivity contribution in [1.29, 1.82) is 0 Å². The Hall–Kier alpha value is -2.68. The molecule has 0 aliphatic carbocycles. The van der Waals surface area contributed by atoms with Crippen molar-refractivity contribution < 1.29 is 28.6 Å². The summed E-state index contributed by atoms with van der Waals surface area (Å²) in [6.07, 6.45) is -0.489. The molecule has 2 amide bonds. The highest BCUT2D eigenvalue weighted by molar-refractivity contribution is 5.92. The van der Waals surface area contributed by atoms with E-state index in [0.29, 0.717) is 32.6 Å². The number of nitrogens with one attached hydrogen (secondary N) is 1. The van der Waals surface area contributed by atoms with Crippen molar-refractivity contribution >= 4 is 23.5 Å². The number of anilines is 1. The lowest BCUT2D eigenvalue weighted by molar-refractivity contribution is -0.138. The Morgan fingerprint density at radius 3 is 2.38 bits per heavy atom. The largest absolute Gasteiger partial charge is 0.479 e. The number of epoxide rings is 1. The molecule has 0 bridgehead atoms. The number of halogens is 1. The number of nitrogens with zero attached hydrogens (tertiary/aromatic N) is 2. The number of carbonyl (C=O) groups excluding carboxylic acids is 2. The lowest BCUT2D eigenvalue weighted by Crippen LogP contribution is -2.50. The third kappa shape index (κ3) is 5.44. The average Bonchev–Trinajstić information content (AvgIpc) is 3.50. The minimum absolute atomic E-state index is 0.0472. The van der Waals surface area contributed by atoms with E-state index in [4.69, 9.17) is 9.84 Å². The summed E-state index contributed by atoms with van der Waals surface area (Å²) < 4.78 is 17.9. The van der Waals surface area contributed by atoms with Gasteiger partial charge < -0.3 is 25.0 Å². The SMILES string of the molecule is CCCC(CC(=O)N1CCN(c2ccc(F)cc2)CC1)NC(=O)[C@H]1O[C@@H]1C(=O)O. The molecule has 2 saturated heterocycles. The van der Waals surface area contributed by atoms with E-state index in [9.17, 15) is 18.8 Å². The molecule has 2 aliphatic heterocycles. The fourth-order valence-corrected chi connectivity index (χ4v) is 3.56. The van der Waals surface area contributed by atoms with Gasteiger partial charge in [0.05, 0.1) is 0 Å². The molecular weight excluding hydrogens is 381 g/mol. The minimum Gasteiger partial charge on any atom is -0.479 e. The van der Waals surface area contributed by atoms with E-state index >= 15 is 0 Å². The van der Waals surface area contributed by atoms with Gasteiger partial charge in [0.25, 0.3) is 5.91 Å². The molecule has 1 aromatic rings. The lowest BCUT2D eigenvalue weighted by atomic mass is 10.1. The third-order valence-corrected chi connectivity index (χ3v) is 5.22. The average molecular weight is 407 g/mol. The van der Waals surface area contributed by atoms with E-state index in [1.165, 1.54) is 12.1 Å². The van der Waals surface area contributed by atoms with E-state index in [-0.39, 0.29) is 24.2 Å². The molecule has 9 heteroatoms. The highest BCUT2D eigenvalue weighted by atomic mass is 19.1. The van der Waals surface area contributed by atoms with Crippen LogP contribution in [0.15, 0.2) is 24.3 Å². The van der Waals surface area contributed by atoms with Crippen LogP contribution in [-0.4, -0.2) is 72.2 Å². The Morgan fingerprint density at radius 2 is 1.83 bits per heavy atom. The fraction of sp³-hybridized carbons (Fsp3) is 0.550. The van der Waals surface area contributed by atoms with Crippen LogP contribution in [0, 0.1) is 5.82 Å². The van der Waals surface area contributed by atoms with Crippen LogP contribution in [0.25, 0.3) is 0 Å². The molecule has 29 heavy (non-hydrogen) atoms. The Kier molecular flexibility index (Phi) is 6.68. The van der Waals surface area contributed by atoms with E-state index in [1.807, 2.05) is 6.92 Å². The van der Waals surface area contributed by atoms with Gasteiger partial charge >= 0.3 is 5.97 Å². The van der Waals surface area contributed by atoms with Crippen LogP contribution >= 0.6 is 0 Å². The Morgan fingerprint density at radius 1 is 1.17 bits per heavy atom. The maximum atomic E-state index is 13.1. The first-order chi connectivity index (χ1) is 13.9. The molecule has 0 aromatic heterocycles. The first-order valence-corrected chi connectivity index (χ1v) is 9.86. The summed E-state index contributed by atoms with van der Waals surface area (Å²) in [5.41, 5.74) is 0.923. The summed E-state index contributed by atoms with van der Waals surface area (Å²) in [6.45, 7) is 4.36. The molecule has 2 aliphatic rings. The molecule has 2 N–H and O–H groups in total. The summed E-state index contributed by atoms with van der Waals surface area (Å²) >= 11 is 0. The summed E-state index contributed by atoms with van der Waals surface area (Å²) in [5.74, 6) is -1.97. The molecule has 2 heterocycles. The van der Waals surface area contributed by atoms with Gasteiger partial charge in [-0.2, -0.15) is 0 Å². The van der Waals surface area contributed by atoms with Crippen molar-refractivity contribution in [3.63, 3.8) is 0 Å². The van der Waals surface area contributed by atoms with Crippen LogP contribution < -0.4 is 10.2 Å². The van der Waals surface area contributed by atoms with E-state index in [2.05, 4.69) is 10.2 Å². The van der Waals surface area contributed by atoms with Gasteiger partial charge in [-0.25, -0.2) is 9.18 Å². The maximum absolute atomic E-state index is 13.1. The first-order valence-electron chi connectivity index (χ1n) is 9.86. The summed E-state index contributed by atoms with van der Waals surface area (Å²) in [7, 11) is 0. The molecule has 1 unspecified atom stereocenters. The number of ether oxygens (including phenoxy) is 1.